The van der Waals surface area contributed by atoms with Crippen molar-refractivity contribution in [1.29, 1.82) is 0 Å². The molecule has 0 spiro atoms. The highest BCUT2D eigenvalue weighted by molar-refractivity contribution is 7.47. The van der Waals surface area contributed by atoms with Crippen LogP contribution in [0.2, 0.25) is 0 Å². The minimum absolute atomic E-state index is 0.178. The predicted octanol–water partition coefficient (Wildman–Crippen LogP) is 11.3. The van der Waals surface area contributed by atoms with Crippen LogP contribution >= 0.6 is 7.82 Å². The summed E-state index contributed by atoms with van der Waals surface area (Å²) < 4.78 is 32.7. The maximum atomic E-state index is 12.6. The number of phosphoric acid groups is 1. The number of esters is 2. The van der Waals surface area contributed by atoms with Crippen LogP contribution in [0.25, 0.3) is 0 Å². The van der Waals surface area contributed by atoms with E-state index < -0.39 is 51.8 Å². The molecule has 0 aromatic heterocycles. The summed E-state index contributed by atoms with van der Waals surface area (Å²) in [7, 11) is -4.62. The van der Waals surface area contributed by atoms with Gasteiger partial charge in [-0.25, -0.2) is 4.57 Å². The maximum Gasteiger partial charge on any atom is 0.472 e. The Morgan fingerprint density at radius 1 is 0.545 bits per heavy atom. The van der Waals surface area contributed by atoms with Gasteiger partial charge in [-0.15, -0.1) is 0 Å². The Labute approximate surface area is 334 Å². The second-order valence-corrected chi connectivity index (χ2v) is 15.8. The smallest absolute Gasteiger partial charge is 0.462 e. The van der Waals surface area contributed by atoms with E-state index in [9.17, 15) is 24.2 Å². The van der Waals surface area contributed by atoms with Gasteiger partial charge >= 0.3 is 19.8 Å². The van der Waals surface area contributed by atoms with Gasteiger partial charge in [-0.3, -0.25) is 18.6 Å². The summed E-state index contributed by atoms with van der Waals surface area (Å²) in [6, 6.07) is 0. The fourth-order valence-corrected chi connectivity index (χ4v) is 6.41. The van der Waals surface area contributed by atoms with Crippen LogP contribution in [0.4, 0.5) is 0 Å². The molecule has 0 aliphatic rings. The molecule has 0 heterocycles. The molecule has 0 rings (SSSR count). The molecule has 0 radical (unpaired) electrons. The number of aliphatic hydroxyl groups excluding tert-OH is 2. The van der Waals surface area contributed by atoms with Gasteiger partial charge in [-0.2, -0.15) is 0 Å². The van der Waals surface area contributed by atoms with Crippen molar-refractivity contribution < 1.29 is 47.8 Å². The Morgan fingerprint density at radius 2 is 0.945 bits per heavy atom. The number of hydrogen-bond acceptors (Lipinski definition) is 9. The third-order valence-electron chi connectivity index (χ3n) is 8.99. The van der Waals surface area contributed by atoms with E-state index in [4.69, 9.17) is 19.1 Å². The van der Waals surface area contributed by atoms with Crippen LogP contribution in [0.1, 0.15) is 181 Å². The average molecular weight is 799 g/mol. The zero-order valence-corrected chi connectivity index (χ0v) is 35.5. The van der Waals surface area contributed by atoms with Crippen LogP contribution in [-0.2, 0) is 32.7 Å². The summed E-state index contributed by atoms with van der Waals surface area (Å²) in [5.74, 6) is -0.960. The number of unbranched alkanes of at least 4 members (excludes halogenated alkanes) is 18. The normalized spacial score (nSPS) is 14.3. The first-order valence-corrected chi connectivity index (χ1v) is 23.1. The molecule has 0 aromatic carbocycles. The summed E-state index contributed by atoms with van der Waals surface area (Å²) >= 11 is 0. The van der Waals surface area contributed by atoms with Crippen LogP contribution < -0.4 is 0 Å². The molecule has 0 bridgehead atoms. The molecule has 11 heteroatoms. The van der Waals surface area contributed by atoms with E-state index in [2.05, 4.69) is 67.0 Å². The lowest BCUT2D eigenvalue weighted by Gasteiger charge is -2.20. The molecule has 0 saturated heterocycles. The van der Waals surface area contributed by atoms with Gasteiger partial charge in [0.2, 0.25) is 0 Å². The molecular formula is C44H79O10P. The molecule has 0 aliphatic carbocycles. The van der Waals surface area contributed by atoms with Gasteiger partial charge in [0, 0.05) is 12.8 Å². The Hall–Kier alpha value is -2.07. The minimum atomic E-state index is -4.62. The van der Waals surface area contributed by atoms with Crippen LogP contribution in [0.3, 0.4) is 0 Å². The highest BCUT2D eigenvalue weighted by Gasteiger charge is 2.27. The molecule has 0 fully saturated rings. The standard InChI is InChI=1S/C44H79O10P/c1-3-5-7-9-11-13-15-17-18-19-20-21-22-24-25-27-29-31-33-35-43(47)51-39-42(40-53-55(49,50)52-38-41(46)37-45)54-44(48)36-34-32-30-28-26-23-16-14-12-10-8-6-4-2/h11,13,17-18,20-21,24-25,41-42,45-46H,3-10,12,14-16,19,22-23,26-40H2,1-2H3,(H,49,50)/b13-11+,18-17+,21-20+,25-24+/t41-,42+/m1/s1. The molecule has 0 amide bonds. The summed E-state index contributed by atoms with van der Waals surface area (Å²) in [5.41, 5.74) is 0. The van der Waals surface area contributed by atoms with Crippen LogP contribution in [0, 0.1) is 0 Å². The van der Waals surface area contributed by atoms with Crippen molar-refractivity contribution in [3.8, 4) is 0 Å². The van der Waals surface area contributed by atoms with E-state index in [1.807, 2.05) is 0 Å². The van der Waals surface area contributed by atoms with Gasteiger partial charge in [-0.05, 0) is 57.8 Å². The molecule has 3 N–H and O–H groups in total. The van der Waals surface area contributed by atoms with Gasteiger partial charge in [0.1, 0.15) is 12.7 Å². The zero-order valence-electron chi connectivity index (χ0n) is 34.6. The summed E-state index contributed by atoms with van der Waals surface area (Å²) in [6.07, 6.45) is 42.2. The topological polar surface area (TPSA) is 149 Å². The summed E-state index contributed by atoms with van der Waals surface area (Å²) in [6.45, 7) is 2.31. The van der Waals surface area contributed by atoms with Crippen molar-refractivity contribution in [2.45, 2.75) is 193 Å². The van der Waals surface area contributed by atoms with Crippen molar-refractivity contribution in [1.82, 2.24) is 0 Å². The number of phosphoric ester groups is 1. The lowest BCUT2D eigenvalue weighted by atomic mass is 10.0. The van der Waals surface area contributed by atoms with Crippen molar-refractivity contribution in [3.05, 3.63) is 48.6 Å². The Bertz CT molecular complexity index is 1060. The zero-order chi connectivity index (χ0) is 40.5. The number of carbonyl (C=O) groups excluding carboxylic acids is 2. The second kappa shape index (κ2) is 40.1. The molecular weight excluding hydrogens is 719 g/mol. The first-order valence-electron chi connectivity index (χ1n) is 21.6. The quantitative estimate of drug-likeness (QED) is 0.0237. The maximum absolute atomic E-state index is 12.6. The highest BCUT2D eigenvalue weighted by atomic mass is 31.2. The predicted molar refractivity (Wildman–Crippen MR) is 224 cm³/mol. The van der Waals surface area contributed by atoms with Gasteiger partial charge in [0.05, 0.1) is 19.8 Å². The van der Waals surface area contributed by atoms with E-state index in [1.165, 1.54) is 83.5 Å². The Balaban J connectivity index is 4.35. The second-order valence-electron chi connectivity index (χ2n) is 14.4. The highest BCUT2D eigenvalue weighted by Crippen LogP contribution is 2.43. The molecule has 3 atom stereocenters. The number of rotatable bonds is 40. The Morgan fingerprint density at radius 3 is 1.45 bits per heavy atom. The van der Waals surface area contributed by atoms with E-state index in [-0.39, 0.29) is 19.4 Å². The fraction of sp³-hybridized carbons (Fsp3) is 0.773. The van der Waals surface area contributed by atoms with E-state index >= 15 is 0 Å². The van der Waals surface area contributed by atoms with Crippen molar-refractivity contribution in [2.75, 3.05) is 26.4 Å². The van der Waals surface area contributed by atoms with Gasteiger partial charge in [0.15, 0.2) is 6.10 Å². The lowest BCUT2D eigenvalue weighted by Crippen LogP contribution is -2.29. The Kier molecular flexibility index (Phi) is 38.6. The van der Waals surface area contributed by atoms with Gasteiger partial charge in [-0.1, -0.05) is 159 Å². The molecule has 0 saturated carbocycles. The molecule has 1 unspecified atom stereocenters. The number of allylic oxidation sites excluding steroid dienone is 8. The van der Waals surface area contributed by atoms with E-state index in [0.717, 1.165) is 57.8 Å². The largest absolute Gasteiger partial charge is 0.472 e. The minimum Gasteiger partial charge on any atom is -0.462 e. The molecule has 55 heavy (non-hydrogen) atoms. The van der Waals surface area contributed by atoms with E-state index in [0.29, 0.717) is 12.8 Å². The number of hydrogen-bond donors (Lipinski definition) is 3. The SMILES string of the molecule is CCCCC/C=C/C/C=C/C/C=C/C/C=C/CCCCCC(=O)OC[C@@H](COP(=O)(O)OC[C@H](O)CO)OC(=O)CCCCCCCCCCCCCCC. The summed E-state index contributed by atoms with van der Waals surface area (Å²) in [4.78, 5) is 34.9. The lowest BCUT2D eigenvalue weighted by molar-refractivity contribution is -0.161. The van der Waals surface area contributed by atoms with E-state index in [1.54, 1.807) is 0 Å². The first-order chi connectivity index (χ1) is 26.7. The van der Waals surface area contributed by atoms with Crippen LogP contribution in [0.5, 0.6) is 0 Å². The number of aliphatic hydroxyl groups is 2. The fourth-order valence-electron chi connectivity index (χ4n) is 5.62. The number of ether oxygens (including phenoxy) is 2. The third kappa shape index (κ3) is 39.9. The van der Waals surface area contributed by atoms with Crippen molar-refractivity contribution in [3.63, 3.8) is 0 Å². The third-order valence-corrected chi connectivity index (χ3v) is 9.94. The first kappa shape index (κ1) is 52.9. The molecule has 320 valence electrons. The van der Waals surface area contributed by atoms with Gasteiger partial charge < -0.3 is 24.6 Å². The van der Waals surface area contributed by atoms with Crippen molar-refractivity contribution >= 4 is 19.8 Å². The summed E-state index contributed by atoms with van der Waals surface area (Å²) in [5, 5.41) is 18.3. The molecule has 0 aromatic rings. The van der Waals surface area contributed by atoms with Crippen LogP contribution in [-0.4, -0.2) is 65.7 Å². The molecule has 0 aliphatic heterocycles. The van der Waals surface area contributed by atoms with Gasteiger partial charge in [0.25, 0.3) is 0 Å². The molecule has 10 nitrogen and oxygen atoms in total. The number of carbonyl (C=O) groups is 2. The van der Waals surface area contributed by atoms with Crippen LogP contribution in [0.15, 0.2) is 48.6 Å². The monoisotopic (exact) mass is 799 g/mol. The van der Waals surface area contributed by atoms with Crippen molar-refractivity contribution in [2.24, 2.45) is 0 Å². The average Bonchev–Trinajstić information content (AvgIpc) is 3.17.